The molecule has 0 saturated carbocycles. The summed E-state index contributed by atoms with van der Waals surface area (Å²) in [7, 11) is 0. The molecule has 148 valence electrons. The third-order valence-electron chi connectivity index (χ3n) is 5.26. The lowest BCUT2D eigenvalue weighted by molar-refractivity contribution is -0.135. The monoisotopic (exact) mass is 372 g/mol. The molecule has 6 nitrogen and oxygen atoms in total. The number of piperazine rings is 1. The number of benzene rings is 1. The minimum absolute atomic E-state index is 0.0621. The average molecular weight is 373 g/mol. The number of carbonyl (C=O) groups excluding carboxylic acids is 1. The van der Waals surface area contributed by atoms with E-state index < -0.39 is 0 Å². The molecule has 0 aromatic heterocycles. The summed E-state index contributed by atoms with van der Waals surface area (Å²) in [6.45, 7) is 11.6. The van der Waals surface area contributed by atoms with Gasteiger partial charge in [0.15, 0.2) is 5.96 Å². The van der Waals surface area contributed by atoms with Crippen LogP contribution in [0, 0.1) is 5.92 Å². The predicted molar refractivity (Wildman–Crippen MR) is 108 cm³/mol. The lowest BCUT2D eigenvalue weighted by atomic mass is 9.93. The molecule has 1 aromatic rings. The molecule has 1 saturated heterocycles. The molecule has 27 heavy (non-hydrogen) atoms. The third-order valence-corrected chi connectivity index (χ3v) is 5.26. The van der Waals surface area contributed by atoms with Gasteiger partial charge in [0.2, 0.25) is 5.91 Å². The summed E-state index contributed by atoms with van der Waals surface area (Å²) in [4.78, 5) is 21.4. The van der Waals surface area contributed by atoms with E-state index in [-0.39, 0.29) is 11.8 Å². The number of para-hydroxylation sites is 1. The van der Waals surface area contributed by atoms with Crippen molar-refractivity contribution < 1.29 is 9.53 Å². The number of carbonyl (C=O) groups is 1. The standard InChI is InChI=1S/C21H32N4O2/c1-4-22-21(25-12-10-24(11-13-25)20(26)16(2)3)23-15-17-9-14-27-19-8-6-5-7-18(17)19/h5-8,16-17H,4,9-15H2,1-3H3,(H,22,23). The number of amides is 1. The Kier molecular flexibility index (Phi) is 6.58. The molecule has 1 unspecified atom stereocenters. The molecule has 1 amide bonds. The van der Waals surface area contributed by atoms with Crippen LogP contribution in [0.25, 0.3) is 0 Å². The lowest BCUT2D eigenvalue weighted by Gasteiger charge is -2.37. The molecule has 2 aliphatic heterocycles. The van der Waals surface area contributed by atoms with Crippen molar-refractivity contribution in [2.75, 3.05) is 45.9 Å². The Morgan fingerprint density at radius 2 is 1.93 bits per heavy atom. The Hall–Kier alpha value is -2.24. The van der Waals surface area contributed by atoms with Crippen molar-refractivity contribution in [3.8, 4) is 5.75 Å². The summed E-state index contributed by atoms with van der Waals surface area (Å²) in [6, 6.07) is 8.28. The molecular weight excluding hydrogens is 340 g/mol. The van der Waals surface area contributed by atoms with Crippen molar-refractivity contribution >= 4 is 11.9 Å². The number of ether oxygens (including phenoxy) is 1. The summed E-state index contributed by atoms with van der Waals surface area (Å²) in [5.74, 6) is 2.66. The quantitative estimate of drug-likeness (QED) is 0.651. The Labute approximate surface area is 162 Å². The first-order valence-electron chi connectivity index (χ1n) is 10.1. The van der Waals surface area contributed by atoms with Crippen molar-refractivity contribution in [3.63, 3.8) is 0 Å². The van der Waals surface area contributed by atoms with Crippen LogP contribution in [0.2, 0.25) is 0 Å². The summed E-state index contributed by atoms with van der Waals surface area (Å²) in [6.07, 6.45) is 0.997. The van der Waals surface area contributed by atoms with Crippen LogP contribution in [0.5, 0.6) is 5.75 Å². The Morgan fingerprint density at radius 1 is 1.22 bits per heavy atom. The molecule has 3 rings (SSSR count). The van der Waals surface area contributed by atoms with Gasteiger partial charge in [0.1, 0.15) is 5.75 Å². The van der Waals surface area contributed by atoms with Crippen LogP contribution in [0.15, 0.2) is 29.3 Å². The van der Waals surface area contributed by atoms with E-state index in [1.54, 1.807) is 0 Å². The first kappa shape index (κ1) is 19.5. The number of aliphatic imine (C=N–C) groups is 1. The van der Waals surface area contributed by atoms with Gasteiger partial charge in [0.25, 0.3) is 0 Å². The minimum atomic E-state index is 0.0621. The van der Waals surface area contributed by atoms with Gasteiger partial charge in [0.05, 0.1) is 6.61 Å². The molecule has 1 atom stereocenters. The largest absolute Gasteiger partial charge is 0.493 e. The number of fused-ring (bicyclic) bond motifs is 1. The maximum atomic E-state index is 12.2. The van der Waals surface area contributed by atoms with E-state index >= 15 is 0 Å². The van der Waals surface area contributed by atoms with Gasteiger partial charge in [-0.2, -0.15) is 0 Å². The maximum absolute atomic E-state index is 12.2. The second kappa shape index (κ2) is 9.11. The molecular formula is C21H32N4O2. The normalized spacial score (nSPS) is 20.3. The van der Waals surface area contributed by atoms with E-state index in [9.17, 15) is 4.79 Å². The molecule has 1 aromatic carbocycles. The maximum Gasteiger partial charge on any atom is 0.225 e. The molecule has 0 radical (unpaired) electrons. The minimum Gasteiger partial charge on any atom is -0.493 e. The highest BCUT2D eigenvalue weighted by Crippen LogP contribution is 2.33. The molecule has 6 heteroatoms. The van der Waals surface area contributed by atoms with Crippen LogP contribution in [-0.4, -0.2) is 67.5 Å². The van der Waals surface area contributed by atoms with Crippen LogP contribution in [0.3, 0.4) is 0 Å². The first-order chi connectivity index (χ1) is 13.1. The summed E-state index contributed by atoms with van der Waals surface area (Å²) >= 11 is 0. The Balaban J connectivity index is 1.64. The summed E-state index contributed by atoms with van der Waals surface area (Å²) in [5, 5.41) is 3.42. The van der Waals surface area contributed by atoms with E-state index in [2.05, 4.69) is 29.3 Å². The average Bonchev–Trinajstić information content (AvgIpc) is 2.70. The molecule has 1 N–H and O–H groups in total. The second-order valence-electron chi connectivity index (χ2n) is 7.53. The molecule has 0 bridgehead atoms. The Bertz CT molecular complexity index is 666. The van der Waals surface area contributed by atoms with Crippen LogP contribution < -0.4 is 10.1 Å². The summed E-state index contributed by atoms with van der Waals surface area (Å²) < 4.78 is 5.77. The van der Waals surface area contributed by atoms with E-state index in [1.807, 2.05) is 30.9 Å². The van der Waals surface area contributed by atoms with E-state index in [4.69, 9.17) is 9.73 Å². The van der Waals surface area contributed by atoms with Crippen LogP contribution >= 0.6 is 0 Å². The molecule has 0 spiro atoms. The zero-order valence-electron chi connectivity index (χ0n) is 16.8. The highest BCUT2D eigenvalue weighted by atomic mass is 16.5. The van der Waals surface area contributed by atoms with Crippen molar-refractivity contribution in [2.45, 2.75) is 33.1 Å². The van der Waals surface area contributed by atoms with Crippen molar-refractivity contribution in [3.05, 3.63) is 29.8 Å². The van der Waals surface area contributed by atoms with E-state index in [1.165, 1.54) is 5.56 Å². The fraction of sp³-hybridized carbons (Fsp3) is 0.619. The number of hydrogen-bond donors (Lipinski definition) is 1. The third kappa shape index (κ3) is 4.73. The van der Waals surface area contributed by atoms with E-state index in [0.717, 1.165) is 64.0 Å². The van der Waals surface area contributed by atoms with Crippen molar-refractivity contribution in [1.29, 1.82) is 0 Å². The van der Waals surface area contributed by atoms with Gasteiger partial charge < -0.3 is 19.9 Å². The van der Waals surface area contributed by atoms with Crippen molar-refractivity contribution in [2.24, 2.45) is 10.9 Å². The van der Waals surface area contributed by atoms with Gasteiger partial charge in [-0.25, -0.2) is 0 Å². The topological polar surface area (TPSA) is 57.2 Å². The fourth-order valence-electron chi connectivity index (χ4n) is 3.73. The number of nitrogens with zero attached hydrogens (tertiary/aromatic N) is 3. The van der Waals surface area contributed by atoms with Crippen molar-refractivity contribution in [1.82, 2.24) is 15.1 Å². The first-order valence-corrected chi connectivity index (χ1v) is 10.1. The van der Waals surface area contributed by atoms with Gasteiger partial charge in [-0.1, -0.05) is 32.0 Å². The Morgan fingerprint density at radius 3 is 2.63 bits per heavy atom. The molecule has 2 heterocycles. The molecule has 1 fully saturated rings. The number of hydrogen-bond acceptors (Lipinski definition) is 3. The smallest absolute Gasteiger partial charge is 0.225 e. The lowest BCUT2D eigenvalue weighted by Crippen LogP contribution is -2.54. The SMILES string of the molecule is CCNC(=NCC1CCOc2ccccc21)N1CCN(C(=O)C(C)C)CC1. The zero-order valence-corrected chi connectivity index (χ0v) is 16.8. The highest BCUT2D eigenvalue weighted by molar-refractivity contribution is 5.81. The number of nitrogens with one attached hydrogen (secondary N) is 1. The highest BCUT2D eigenvalue weighted by Gasteiger charge is 2.25. The summed E-state index contributed by atoms with van der Waals surface area (Å²) in [5.41, 5.74) is 1.26. The van der Waals surface area contributed by atoms with Gasteiger partial charge in [0, 0.05) is 51.1 Å². The fourth-order valence-corrected chi connectivity index (χ4v) is 3.73. The zero-order chi connectivity index (χ0) is 19.2. The van der Waals surface area contributed by atoms with Gasteiger partial charge in [-0.05, 0) is 25.0 Å². The number of rotatable bonds is 4. The van der Waals surface area contributed by atoms with Gasteiger partial charge in [-0.15, -0.1) is 0 Å². The van der Waals surface area contributed by atoms with Crippen LogP contribution in [-0.2, 0) is 4.79 Å². The van der Waals surface area contributed by atoms with E-state index in [0.29, 0.717) is 5.92 Å². The van der Waals surface area contributed by atoms with Crippen LogP contribution in [0.4, 0.5) is 0 Å². The number of guanidine groups is 1. The van der Waals surface area contributed by atoms with Gasteiger partial charge in [-0.3, -0.25) is 9.79 Å². The predicted octanol–water partition coefficient (Wildman–Crippen LogP) is 2.32. The van der Waals surface area contributed by atoms with Crippen LogP contribution in [0.1, 0.15) is 38.7 Å². The second-order valence-corrected chi connectivity index (χ2v) is 7.53. The van der Waals surface area contributed by atoms with Gasteiger partial charge >= 0.3 is 0 Å². The molecule has 0 aliphatic carbocycles. The molecule has 2 aliphatic rings.